The molecule has 6 heteroatoms. The summed E-state index contributed by atoms with van der Waals surface area (Å²) in [5.74, 6) is 0.996. The van der Waals surface area contributed by atoms with Crippen molar-refractivity contribution in [1.82, 2.24) is 19.8 Å². The molecule has 1 amide bonds. The zero-order valence-corrected chi connectivity index (χ0v) is 13.5. The Morgan fingerprint density at radius 3 is 2.83 bits per heavy atom. The smallest absolute Gasteiger partial charge is 0.274 e. The van der Waals surface area contributed by atoms with Gasteiger partial charge in [0.2, 0.25) is 0 Å². The molecule has 0 unspecified atom stereocenters. The van der Waals surface area contributed by atoms with Crippen molar-refractivity contribution >= 4 is 5.91 Å². The van der Waals surface area contributed by atoms with E-state index in [1.807, 2.05) is 4.90 Å². The van der Waals surface area contributed by atoms with Crippen molar-refractivity contribution < 1.29 is 9.53 Å². The van der Waals surface area contributed by atoms with Crippen LogP contribution in [0.5, 0.6) is 5.75 Å². The molecule has 1 fully saturated rings. The lowest BCUT2D eigenvalue weighted by Gasteiger charge is -2.34. The van der Waals surface area contributed by atoms with E-state index in [1.165, 1.54) is 17.3 Å². The molecular formula is C18H20N4O2. The van der Waals surface area contributed by atoms with Gasteiger partial charge in [-0.3, -0.25) is 14.7 Å². The highest BCUT2D eigenvalue weighted by molar-refractivity contribution is 5.92. The van der Waals surface area contributed by atoms with E-state index in [0.717, 1.165) is 51.5 Å². The molecule has 4 rings (SSSR count). The monoisotopic (exact) mass is 324 g/mol. The van der Waals surface area contributed by atoms with Crippen LogP contribution in [-0.4, -0.2) is 58.5 Å². The van der Waals surface area contributed by atoms with Gasteiger partial charge in [0, 0.05) is 51.5 Å². The van der Waals surface area contributed by atoms with Crippen molar-refractivity contribution in [3.8, 4) is 5.75 Å². The number of hydrogen-bond acceptors (Lipinski definition) is 5. The van der Waals surface area contributed by atoms with Gasteiger partial charge in [0.25, 0.3) is 5.91 Å². The zero-order valence-electron chi connectivity index (χ0n) is 13.5. The predicted molar refractivity (Wildman–Crippen MR) is 88.9 cm³/mol. The number of piperazine rings is 1. The van der Waals surface area contributed by atoms with E-state index in [9.17, 15) is 4.79 Å². The van der Waals surface area contributed by atoms with Crippen molar-refractivity contribution in [3.05, 3.63) is 53.6 Å². The fourth-order valence-corrected chi connectivity index (χ4v) is 3.28. The number of nitrogens with zero attached hydrogens (tertiary/aromatic N) is 4. The lowest BCUT2D eigenvalue weighted by Crippen LogP contribution is -2.48. The fourth-order valence-electron chi connectivity index (χ4n) is 3.28. The Kier molecular flexibility index (Phi) is 4.13. The summed E-state index contributed by atoms with van der Waals surface area (Å²) in [6, 6.07) is 6.46. The maximum absolute atomic E-state index is 12.4. The van der Waals surface area contributed by atoms with Gasteiger partial charge >= 0.3 is 0 Å². The topological polar surface area (TPSA) is 58.6 Å². The number of fused-ring (bicyclic) bond motifs is 1. The minimum atomic E-state index is -0.0302. The molecule has 0 spiro atoms. The quantitative estimate of drug-likeness (QED) is 0.853. The summed E-state index contributed by atoms with van der Waals surface area (Å²) in [6.45, 7) is 4.91. The highest BCUT2D eigenvalue weighted by Gasteiger charge is 2.23. The van der Waals surface area contributed by atoms with Crippen LogP contribution in [0.1, 0.15) is 21.6 Å². The summed E-state index contributed by atoms with van der Waals surface area (Å²) < 4.78 is 5.56. The van der Waals surface area contributed by atoms with Gasteiger partial charge in [-0.05, 0) is 17.2 Å². The number of rotatable bonds is 3. The number of carbonyl (C=O) groups is 1. The molecular weight excluding hydrogens is 304 g/mol. The first-order valence-corrected chi connectivity index (χ1v) is 8.32. The molecule has 2 aliphatic heterocycles. The number of ether oxygens (including phenoxy) is 1. The van der Waals surface area contributed by atoms with Gasteiger partial charge in [0.15, 0.2) is 0 Å². The second kappa shape index (κ2) is 6.57. The Balaban J connectivity index is 1.34. The summed E-state index contributed by atoms with van der Waals surface area (Å²) in [5, 5.41) is 0. The van der Waals surface area contributed by atoms with Gasteiger partial charge in [0.1, 0.15) is 11.4 Å². The number of benzene rings is 1. The number of carbonyl (C=O) groups excluding carboxylic acids is 1. The van der Waals surface area contributed by atoms with Crippen LogP contribution in [0.2, 0.25) is 0 Å². The van der Waals surface area contributed by atoms with Crippen LogP contribution < -0.4 is 4.74 Å². The molecule has 2 aliphatic rings. The summed E-state index contributed by atoms with van der Waals surface area (Å²) in [6.07, 6.45) is 5.67. The van der Waals surface area contributed by atoms with Crippen LogP contribution in [0.3, 0.4) is 0 Å². The Hall–Kier alpha value is -2.47. The van der Waals surface area contributed by atoms with Gasteiger partial charge in [0.05, 0.1) is 12.8 Å². The normalized spacial score (nSPS) is 17.4. The molecule has 6 nitrogen and oxygen atoms in total. The molecule has 2 aromatic rings. The molecule has 0 N–H and O–H groups in total. The number of aromatic nitrogens is 2. The standard InChI is InChI=1S/C18H20N4O2/c23-18(16-12-19-4-5-20-16)22-8-6-21(7-9-22)13-14-1-2-17-15(11-14)3-10-24-17/h1-2,4-5,11-12H,3,6-10,13H2. The van der Waals surface area contributed by atoms with Crippen LogP contribution in [0.15, 0.2) is 36.8 Å². The van der Waals surface area contributed by atoms with E-state index >= 15 is 0 Å². The average molecular weight is 324 g/mol. The molecule has 1 aromatic carbocycles. The molecule has 0 atom stereocenters. The largest absolute Gasteiger partial charge is 0.493 e. The molecule has 1 aromatic heterocycles. The van der Waals surface area contributed by atoms with Gasteiger partial charge in [-0.15, -0.1) is 0 Å². The SMILES string of the molecule is O=C(c1cnccn1)N1CCN(Cc2ccc3c(c2)CCO3)CC1. The first-order valence-electron chi connectivity index (χ1n) is 8.32. The Labute approximate surface area is 141 Å². The summed E-state index contributed by atoms with van der Waals surface area (Å²) in [5.41, 5.74) is 3.04. The van der Waals surface area contributed by atoms with E-state index in [0.29, 0.717) is 5.69 Å². The Morgan fingerprint density at radius 2 is 2.04 bits per heavy atom. The summed E-state index contributed by atoms with van der Waals surface area (Å²) in [4.78, 5) is 24.7. The fraction of sp³-hybridized carbons (Fsp3) is 0.389. The average Bonchev–Trinajstić information content (AvgIpc) is 3.10. The minimum absolute atomic E-state index is 0.0302. The van der Waals surface area contributed by atoms with E-state index in [4.69, 9.17) is 4.74 Å². The third kappa shape index (κ3) is 3.10. The van der Waals surface area contributed by atoms with Crippen molar-refractivity contribution in [2.75, 3.05) is 32.8 Å². The van der Waals surface area contributed by atoms with E-state index in [2.05, 4.69) is 33.1 Å². The number of amides is 1. The van der Waals surface area contributed by atoms with Crippen molar-refractivity contribution in [3.63, 3.8) is 0 Å². The minimum Gasteiger partial charge on any atom is -0.493 e. The van der Waals surface area contributed by atoms with Crippen molar-refractivity contribution in [1.29, 1.82) is 0 Å². The third-order valence-electron chi connectivity index (χ3n) is 4.60. The second-order valence-corrected chi connectivity index (χ2v) is 6.20. The molecule has 0 saturated carbocycles. The van der Waals surface area contributed by atoms with Crippen molar-refractivity contribution in [2.24, 2.45) is 0 Å². The van der Waals surface area contributed by atoms with Gasteiger partial charge in [-0.2, -0.15) is 0 Å². The van der Waals surface area contributed by atoms with E-state index < -0.39 is 0 Å². The Bertz CT molecular complexity index is 727. The molecule has 24 heavy (non-hydrogen) atoms. The van der Waals surface area contributed by atoms with Crippen LogP contribution in [0, 0.1) is 0 Å². The number of hydrogen-bond donors (Lipinski definition) is 0. The van der Waals surface area contributed by atoms with E-state index in [1.54, 1.807) is 12.4 Å². The molecule has 1 saturated heterocycles. The maximum atomic E-state index is 12.4. The first-order chi connectivity index (χ1) is 11.8. The van der Waals surface area contributed by atoms with Crippen LogP contribution in [0.25, 0.3) is 0 Å². The third-order valence-corrected chi connectivity index (χ3v) is 4.60. The zero-order chi connectivity index (χ0) is 16.4. The lowest BCUT2D eigenvalue weighted by atomic mass is 10.1. The first kappa shape index (κ1) is 15.1. The van der Waals surface area contributed by atoms with Crippen LogP contribution in [0.4, 0.5) is 0 Å². The summed E-state index contributed by atoms with van der Waals surface area (Å²) in [7, 11) is 0. The molecule has 0 bridgehead atoms. The maximum Gasteiger partial charge on any atom is 0.274 e. The van der Waals surface area contributed by atoms with E-state index in [-0.39, 0.29) is 5.91 Å². The molecule has 124 valence electrons. The Morgan fingerprint density at radius 1 is 1.17 bits per heavy atom. The van der Waals surface area contributed by atoms with Gasteiger partial charge in [-0.1, -0.05) is 12.1 Å². The molecule has 3 heterocycles. The highest BCUT2D eigenvalue weighted by atomic mass is 16.5. The van der Waals surface area contributed by atoms with Crippen LogP contribution >= 0.6 is 0 Å². The van der Waals surface area contributed by atoms with Gasteiger partial charge in [-0.25, -0.2) is 4.98 Å². The van der Waals surface area contributed by atoms with Crippen LogP contribution in [-0.2, 0) is 13.0 Å². The predicted octanol–water partition coefficient (Wildman–Crippen LogP) is 1.37. The second-order valence-electron chi connectivity index (χ2n) is 6.20. The van der Waals surface area contributed by atoms with Gasteiger partial charge < -0.3 is 9.64 Å². The summed E-state index contributed by atoms with van der Waals surface area (Å²) >= 11 is 0. The lowest BCUT2D eigenvalue weighted by molar-refractivity contribution is 0.0622. The van der Waals surface area contributed by atoms with Crippen molar-refractivity contribution in [2.45, 2.75) is 13.0 Å². The highest BCUT2D eigenvalue weighted by Crippen LogP contribution is 2.26. The molecule has 0 radical (unpaired) electrons. The molecule has 0 aliphatic carbocycles.